The van der Waals surface area contributed by atoms with Gasteiger partial charge in [0.1, 0.15) is 6.29 Å². The maximum atomic E-state index is 10.8. The molecule has 0 aliphatic carbocycles. The van der Waals surface area contributed by atoms with E-state index in [9.17, 15) is 4.79 Å². The number of amidine groups is 1. The van der Waals surface area contributed by atoms with Crippen molar-refractivity contribution in [3.8, 4) is 0 Å². The molecule has 0 aromatic heterocycles. The average Bonchev–Trinajstić information content (AvgIpc) is 2.74. The summed E-state index contributed by atoms with van der Waals surface area (Å²) in [7, 11) is 0. The normalized spacial score (nSPS) is 18.2. The van der Waals surface area contributed by atoms with Crippen molar-refractivity contribution in [2.45, 2.75) is 32.9 Å². The number of rotatable bonds is 3. The number of carbonyl (C=O) groups excluding carboxylic acids is 1. The quantitative estimate of drug-likeness (QED) is 0.489. The third-order valence-corrected chi connectivity index (χ3v) is 3.36. The lowest BCUT2D eigenvalue weighted by Gasteiger charge is -2.25. The molecule has 0 saturated heterocycles. The summed E-state index contributed by atoms with van der Waals surface area (Å²) in [5, 5.41) is 3.89. The van der Waals surface area contributed by atoms with Crippen LogP contribution in [0.3, 0.4) is 0 Å². The van der Waals surface area contributed by atoms with Crippen LogP contribution in [-0.4, -0.2) is 23.1 Å². The summed E-state index contributed by atoms with van der Waals surface area (Å²) in [5.41, 5.74) is 2.86. The molecule has 1 aliphatic rings. The summed E-state index contributed by atoms with van der Waals surface area (Å²) in [6.45, 7) is 5.07. The molecular formula is C13H17N3O. The molecule has 1 aliphatic heterocycles. The number of hydrogen-bond acceptors (Lipinski definition) is 3. The van der Waals surface area contributed by atoms with Crippen LogP contribution in [0.1, 0.15) is 41.8 Å². The van der Waals surface area contributed by atoms with Crippen molar-refractivity contribution in [3.05, 3.63) is 34.9 Å². The molecule has 0 spiro atoms. The topological polar surface area (TPSA) is 58.7 Å². The second-order valence-electron chi connectivity index (χ2n) is 4.37. The summed E-state index contributed by atoms with van der Waals surface area (Å²) in [4.78, 5) is 12.9. The Hall–Kier alpha value is -1.84. The first-order valence-corrected chi connectivity index (χ1v) is 5.84. The van der Waals surface area contributed by atoms with Crippen LogP contribution in [0.25, 0.3) is 0 Å². The average molecular weight is 231 g/mol. The summed E-state index contributed by atoms with van der Waals surface area (Å²) in [6, 6.07) is 6.03. The first kappa shape index (κ1) is 11.6. The van der Waals surface area contributed by atoms with Gasteiger partial charge in [-0.05, 0) is 25.0 Å². The highest BCUT2D eigenvalue weighted by Crippen LogP contribution is 2.26. The first-order valence-electron chi connectivity index (χ1n) is 5.84. The molecule has 1 aromatic carbocycles. The molecule has 1 heterocycles. The number of aldehydes is 1. The van der Waals surface area contributed by atoms with E-state index in [0.717, 1.165) is 36.2 Å². The fourth-order valence-corrected chi connectivity index (χ4v) is 2.18. The Morgan fingerprint density at radius 1 is 1.59 bits per heavy atom. The number of benzene rings is 1. The Labute approximate surface area is 101 Å². The van der Waals surface area contributed by atoms with Gasteiger partial charge in [0.2, 0.25) is 0 Å². The third kappa shape index (κ3) is 1.90. The minimum atomic E-state index is 0.393. The zero-order chi connectivity index (χ0) is 12.4. The lowest BCUT2D eigenvalue weighted by Crippen LogP contribution is -2.34. The van der Waals surface area contributed by atoms with Gasteiger partial charge in [-0.3, -0.25) is 4.79 Å². The van der Waals surface area contributed by atoms with E-state index in [1.807, 2.05) is 12.1 Å². The molecule has 0 amide bonds. The van der Waals surface area contributed by atoms with E-state index in [1.54, 1.807) is 6.07 Å². The first-order chi connectivity index (χ1) is 8.21. The van der Waals surface area contributed by atoms with Crippen molar-refractivity contribution in [1.29, 1.82) is 0 Å². The molecule has 17 heavy (non-hydrogen) atoms. The van der Waals surface area contributed by atoms with E-state index in [2.05, 4.69) is 23.8 Å². The molecule has 1 unspecified atom stereocenters. The molecule has 2 rings (SSSR count). The van der Waals surface area contributed by atoms with Crippen LogP contribution >= 0.6 is 0 Å². The molecule has 0 radical (unpaired) electrons. The van der Waals surface area contributed by atoms with Crippen LogP contribution in [0.5, 0.6) is 0 Å². The standard InChI is InChI=1S/C13H17N3O/c1-3-9(2)16-7-11-6-10(8-17)4-5-12(11)13(16)15-14/h4-6,8-9H,3,7,14H2,1-2H3. The van der Waals surface area contributed by atoms with Crippen molar-refractivity contribution in [2.24, 2.45) is 10.9 Å². The molecule has 0 saturated carbocycles. The highest BCUT2D eigenvalue weighted by atomic mass is 16.1. The second kappa shape index (κ2) is 4.57. The van der Waals surface area contributed by atoms with Crippen LogP contribution in [-0.2, 0) is 6.54 Å². The zero-order valence-corrected chi connectivity index (χ0v) is 10.2. The van der Waals surface area contributed by atoms with Crippen LogP contribution in [0.15, 0.2) is 23.3 Å². The smallest absolute Gasteiger partial charge is 0.156 e. The van der Waals surface area contributed by atoms with Gasteiger partial charge in [0.25, 0.3) is 0 Å². The highest BCUT2D eigenvalue weighted by molar-refractivity contribution is 6.03. The van der Waals surface area contributed by atoms with Gasteiger partial charge in [-0.25, -0.2) is 0 Å². The lowest BCUT2D eigenvalue weighted by molar-refractivity contribution is 0.112. The number of nitrogens with zero attached hydrogens (tertiary/aromatic N) is 2. The van der Waals surface area contributed by atoms with Gasteiger partial charge in [-0.15, -0.1) is 0 Å². The molecule has 4 nitrogen and oxygen atoms in total. The van der Waals surface area contributed by atoms with E-state index in [4.69, 9.17) is 5.84 Å². The molecule has 1 atom stereocenters. The van der Waals surface area contributed by atoms with Gasteiger partial charge in [-0.2, -0.15) is 5.10 Å². The van der Waals surface area contributed by atoms with Crippen molar-refractivity contribution in [2.75, 3.05) is 0 Å². The van der Waals surface area contributed by atoms with Crippen molar-refractivity contribution >= 4 is 12.1 Å². The number of hydrogen-bond donors (Lipinski definition) is 1. The second-order valence-corrected chi connectivity index (χ2v) is 4.37. The summed E-state index contributed by atoms with van der Waals surface area (Å²) < 4.78 is 0. The molecule has 2 N–H and O–H groups in total. The predicted octanol–water partition coefficient (Wildman–Crippen LogP) is 1.73. The van der Waals surface area contributed by atoms with E-state index in [1.165, 1.54) is 0 Å². The Balaban J connectivity index is 2.41. The van der Waals surface area contributed by atoms with Gasteiger partial charge in [0.15, 0.2) is 5.84 Å². The van der Waals surface area contributed by atoms with Crippen molar-refractivity contribution in [1.82, 2.24) is 4.90 Å². The lowest BCUT2D eigenvalue weighted by atomic mass is 10.1. The molecule has 0 fully saturated rings. The minimum absolute atomic E-state index is 0.393. The number of hydrazone groups is 1. The monoisotopic (exact) mass is 231 g/mol. The number of fused-ring (bicyclic) bond motifs is 1. The van der Waals surface area contributed by atoms with E-state index in [-0.39, 0.29) is 0 Å². The number of nitrogens with two attached hydrogens (primary N) is 1. The van der Waals surface area contributed by atoms with Crippen LogP contribution in [0, 0.1) is 0 Å². The Bertz CT molecular complexity index is 468. The fraction of sp³-hybridized carbons (Fsp3) is 0.385. The van der Waals surface area contributed by atoms with Crippen LogP contribution in [0.4, 0.5) is 0 Å². The van der Waals surface area contributed by atoms with Crippen LogP contribution in [0.2, 0.25) is 0 Å². The third-order valence-electron chi connectivity index (χ3n) is 3.36. The fourth-order valence-electron chi connectivity index (χ4n) is 2.18. The maximum absolute atomic E-state index is 10.8. The molecular weight excluding hydrogens is 214 g/mol. The summed E-state index contributed by atoms with van der Waals surface area (Å²) >= 11 is 0. The molecule has 90 valence electrons. The molecule has 4 heteroatoms. The van der Waals surface area contributed by atoms with Gasteiger partial charge >= 0.3 is 0 Å². The van der Waals surface area contributed by atoms with E-state index >= 15 is 0 Å². The minimum Gasteiger partial charge on any atom is -0.348 e. The van der Waals surface area contributed by atoms with Gasteiger partial charge in [-0.1, -0.05) is 19.1 Å². The largest absolute Gasteiger partial charge is 0.348 e. The van der Waals surface area contributed by atoms with Gasteiger partial charge < -0.3 is 10.7 Å². The van der Waals surface area contributed by atoms with Crippen LogP contribution < -0.4 is 5.84 Å². The Kier molecular flexibility index (Phi) is 3.13. The molecule has 1 aromatic rings. The Morgan fingerprint density at radius 3 is 2.94 bits per heavy atom. The maximum Gasteiger partial charge on any atom is 0.156 e. The molecule has 0 bridgehead atoms. The highest BCUT2D eigenvalue weighted by Gasteiger charge is 2.28. The summed E-state index contributed by atoms with van der Waals surface area (Å²) in [5.74, 6) is 6.30. The summed E-state index contributed by atoms with van der Waals surface area (Å²) in [6.07, 6.45) is 1.90. The number of carbonyl (C=O) groups is 1. The van der Waals surface area contributed by atoms with Gasteiger partial charge in [0, 0.05) is 23.7 Å². The van der Waals surface area contributed by atoms with Crippen molar-refractivity contribution < 1.29 is 4.79 Å². The van der Waals surface area contributed by atoms with E-state index < -0.39 is 0 Å². The van der Waals surface area contributed by atoms with Gasteiger partial charge in [0.05, 0.1) is 0 Å². The Morgan fingerprint density at radius 2 is 2.35 bits per heavy atom. The van der Waals surface area contributed by atoms with Crippen molar-refractivity contribution in [3.63, 3.8) is 0 Å². The SMILES string of the molecule is CCC(C)N1Cc2cc(C=O)ccc2C1=NN. The van der Waals surface area contributed by atoms with E-state index in [0.29, 0.717) is 11.6 Å². The zero-order valence-electron chi connectivity index (χ0n) is 10.2. The predicted molar refractivity (Wildman–Crippen MR) is 67.8 cm³/mol.